The number of benzene rings is 1. The van der Waals surface area contributed by atoms with Crippen molar-refractivity contribution in [1.29, 1.82) is 0 Å². The van der Waals surface area contributed by atoms with Crippen molar-refractivity contribution in [2.24, 2.45) is 0 Å². The fourth-order valence-electron chi connectivity index (χ4n) is 3.71. The highest BCUT2D eigenvalue weighted by Crippen LogP contribution is 2.27. The minimum Gasteiger partial charge on any atom is -0.367 e. The maximum absolute atomic E-state index is 12.8. The number of ether oxygens (including phenoxy) is 1. The lowest BCUT2D eigenvalue weighted by Crippen LogP contribution is -2.39. The number of hydrogen-bond acceptors (Lipinski definition) is 6. The predicted octanol–water partition coefficient (Wildman–Crippen LogP) is 3.14. The van der Waals surface area contributed by atoms with Crippen molar-refractivity contribution in [2.75, 3.05) is 25.5 Å². The molecule has 0 radical (unpaired) electrons. The molecular formula is C21H23N5O3S. The first kappa shape index (κ1) is 20.2. The minimum absolute atomic E-state index is 0.0238. The molecule has 1 saturated heterocycles. The highest BCUT2D eigenvalue weighted by molar-refractivity contribution is 7.11. The largest absolute Gasteiger partial charge is 0.367 e. The lowest BCUT2D eigenvalue weighted by atomic mass is 10.0. The van der Waals surface area contributed by atoms with E-state index in [1.54, 1.807) is 24.0 Å². The van der Waals surface area contributed by atoms with Gasteiger partial charge in [-0.1, -0.05) is 30.3 Å². The second-order valence-corrected chi connectivity index (χ2v) is 7.95. The van der Waals surface area contributed by atoms with Crippen LogP contribution in [0.25, 0.3) is 0 Å². The number of rotatable bonds is 6. The molecule has 9 heteroatoms. The first-order valence-corrected chi connectivity index (χ1v) is 10.6. The molecule has 0 bridgehead atoms. The molecule has 0 saturated carbocycles. The molecule has 0 aliphatic carbocycles. The van der Waals surface area contributed by atoms with Crippen molar-refractivity contribution in [3.8, 4) is 0 Å². The Morgan fingerprint density at radius 2 is 1.97 bits per heavy atom. The van der Waals surface area contributed by atoms with Crippen LogP contribution in [0.1, 0.15) is 40.2 Å². The number of piperidine rings is 1. The summed E-state index contributed by atoms with van der Waals surface area (Å²) in [5.41, 5.74) is 2.46. The zero-order chi connectivity index (χ0) is 20.9. The Morgan fingerprint density at radius 1 is 1.20 bits per heavy atom. The van der Waals surface area contributed by atoms with Gasteiger partial charge in [-0.05, 0) is 18.4 Å². The summed E-state index contributed by atoms with van der Waals surface area (Å²) in [4.78, 5) is 31.8. The van der Waals surface area contributed by atoms with Crippen LogP contribution >= 0.6 is 11.3 Å². The minimum atomic E-state index is -0.701. The zero-order valence-electron chi connectivity index (χ0n) is 16.6. The van der Waals surface area contributed by atoms with Crippen LogP contribution in [0.4, 0.5) is 5.82 Å². The summed E-state index contributed by atoms with van der Waals surface area (Å²) in [7, 11) is 1.52. The average Bonchev–Trinajstić information content (AvgIpc) is 3.47. The summed E-state index contributed by atoms with van der Waals surface area (Å²) in [6.45, 7) is 1.28. The second-order valence-electron chi connectivity index (χ2n) is 7.07. The Kier molecular flexibility index (Phi) is 6.20. The molecule has 4 rings (SSSR count). The molecule has 156 valence electrons. The number of carbonyl (C=O) groups excluding carboxylic acids is 2. The Hall–Kier alpha value is -3.04. The Bertz CT molecular complexity index is 981. The third-order valence-corrected chi connectivity index (χ3v) is 6.00. The fraction of sp³-hybridized carbons (Fsp3) is 0.333. The average molecular weight is 426 g/mol. The first-order chi connectivity index (χ1) is 14.7. The van der Waals surface area contributed by atoms with Crippen LogP contribution in [0.3, 0.4) is 0 Å². The molecule has 3 heterocycles. The van der Waals surface area contributed by atoms with E-state index in [4.69, 9.17) is 4.74 Å². The van der Waals surface area contributed by atoms with Crippen molar-refractivity contribution in [2.45, 2.75) is 25.0 Å². The lowest BCUT2D eigenvalue weighted by Gasteiger charge is -2.32. The van der Waals surface area contributed by atoms with Crippen LogP contribution in [-0.4, -0.2) is 51.7 Å². The van der Waals surface area contributed by atoms with E-state index >= 15 is 0 Å². The molecule has 8 nitrogen and oxygen atoms in total. The van der Waals surface area contributed by atoms with Crippen molar-refractivity contribution in [3.05, 3.63) is 64.7 Å². The van der Waals surface area contributed by atoms with Gasteiger partial charge in [0.25, 0.3) is 11.8 Å². The number of amides is 2. The van der Waals surface area contributed by atoms with Gasteiger partial charge in [0.05, 0.1) is 23.9 Å². The standard InChI is InChI=1S/C21H23N5O3S/c1-29-19(15-5-3-2-4-6-15)20(27)24-18-7-10-23-26(18)16-8-11-25(12-9-16)21(28)17-13-22-14-30-17/h2-7,10,13-14,16,19H,8-9,11-12H2,1H3,(H,24,27). The lowest BCUT2D eigenvalue weighted by molar-refractivity contribution is -0.126. The summed E-state index contributed by atoms with van der Waals surface area (Å²) in [6, 6.07) is 11.3. The smallest absolute Gasteiger partial charge is 0.265 e. The molecule has 2 aromatic heterocycles. The van der Waals surface area contributed by atoms with Gasteiger partial charge in [-0.3, -0.25) is 14.6 Å². The number of anilines is 1. The van der Waals surface area contributed by atoms with Gasteiger partial charge in [-0.25, -0.2) is 4.68 Å². The molecule has 2 amide bonds. The first-order valence-electron chi connectivity index (χ1n) is 9.77. The van der Waals surface area contributed by atoms with Gasteiger partial charge in [0.15, 0.2) is 6.10 Å². The molecule has 1 aliphatic rings. The summed E-state index contributed by atoms with van der Waals surface area (Å²) in [6.07, 6.45) is 4.12. The summed E-state index contributed by atoms with van der Waals surface area (Å²) >= 11 is 1.36. The quantitative estimate of drug-likeness (QED) is 0.655. The SMILES string of the molecule is COC(C(=O)Nc1ccnn1C1CCN(C(=O)c2cncs2)CC1)c1ccccc1. The number of nitrogens with zero attached hydrogens (tertiary/aromatic N) is 4. The van der Waals surface area contributed by atoms with Gasteiger partial charge >= 0.3 is 0 Å². The molecule has 1 aromatic carbocycles. The van der Waals surface area contributed by atoms with Crippen molar-refractivity contribution in [3.63, 3.8) is 0 Å². The third-order valence-electron chi connectivity index (χ3n) is 5.24. The van der Waals surface area contributed by atoms with Crippen LogP contribution in [0.5, 0.6) is 0 Å². The molecule has 3 aromatic rings. The predicted molar refractivity (Wildman–Crippen MR) is 113 cm³/mol. The molecule has 1 atom stereocenters. The topological polar surface area (TPSA) is 89.4 Å². The van der Waals surface area contributed by atoms with E-state index in [0.29, 0.717) is 23.8 Å². The molecule has 1 N–H and O–H groups in total. The van der Waals surface area contributed by atoms with E-state index in [1.807, 2.05) is 39.9 Å². The van der Waals surface area contributed by atoms with Gasteiger partial charge < -0.3 is 15.0 Å². The number of carbonyl (C=O) groups is 2. The van der Waals surface area contributed by atoms with E-state index in [2.05, 4.69) is 15.4 Å². The molecule has 1 aliphatic heterocycles. The van der Waals surface area contributed by atoms with Gasteiger partial charge in [0, 0.05) is 26.3 Å². The van der Waals surface area contributed by atoms with Gasteiger partial charge in [0.2, 0.25) is 0 Å². The summed E-state index contributed by atoms with van der Waals surface area (Å²) in [5.74, 6) is 0.407. The highest BCUT2D eigenvalue weighted by atomic mass is 32.1. The number of methoxy groups -OCH3 is 1. The number of hydrogen-bond donors (Lipinski definition) is 1. The van der Waals surface area contributed by atoms with Gasteiger partial charge in [0.1, 0.15) is 10.7 Å². The molecule has 30 heavy (non-hydrogen) atoms. The van der Waals surface area contributed by atoms with Crippen LogP contribution in [-0.2, 0) is 9.53 Å². The Morgan fingerprint density at radius 3 is 2.63 bits per heavy atom. The van der Waals surface area contributed by atoms with Gasteiger partial charge in [-0.2, -0.15) is 5.10 Å². The van der Waals surface area contributed by atoms with E-state index in [9.17, 15) is 9.59 Å². The molecule has 1 fully saturated rings. The number of nitrogens with one attached hydrogen (secondary N) is 1. The third kappa shape index (κ3) is 4.27. The fourth-order valence-corrected chi connectivity index (χ4v) is 4.30. The maximum Gasteiger partial charge on any atom is 0.265 e. The monoisotopic (exact) mass is 425 g/mol. The van der Waals surface area contributed by atoms with Crippen molar-refractivity contribution < 1.29 is 14.3 Å². The number of aromatic nitrogens is 3. The van der Waals surface area contributed by atoms with Crippen LogP contribution in [0.2, 0.25) is 0 Å². The summed E-state index contributed by atoms with van der Waals surface area (Å²) < 4.78 is 7.26. The van der Waals surface area contributed by atoms with Crippen LogP contribution in [0, 0.1) is 0 Å². The second kappa shape index (κ2) is 9.19. The van der Waals surface area contributed by atoms with Crippen molar-refractivity contribution in [1.82, 2.24) is 19.7 Å². The van der Waals surface area contributed by atoms with Crippen LogP contribution < -0.4 is 5.32 Å². The normalized spacial score (nSPS) is 15.7. The maximum atomic E-state index is 12.8. The zero-order valence-corrected chi connectivity index (χ0v) is 17.4. The Labute approximate surface area is 178 Å². The van der Waals surface area contributed by atoms with Gasteiger partial charge in [-0.15, -0.1) is 11.3 Å². The Balaban J connectivity index is 1.40. The summed E-state index contributed by atoms with van der Waals surface area (Å²) in [5, 5.41) is 7.36. The highest BCUT2D eigenvalue weighted by Gasteiger charge is 2.28. The molecular weight excluding hydrogens is 402 g/mol. The van der Waals surface area contributed by atoms with E-state index in [0.717, 1.165) is 18.4 Å². The number of likely N-dealkylation sites (tertiary alicyclic amines) is 1. The van der Waals surface area contributed by atoms with E-state index < -0.39 is 6.10 Å². The van der Waals surface area contributed by atoms with E-state index in [1.165, 1.54) is 18.4 Å². The van der Waals surface area contributed by atoms with E-state index in [-0.39, 0.29) is 17.9 Å². The van der Waals surface area contributed by atoms with Crippen LogP contribution in [0.15, 0.2) is 54.3 Å². The molecule has 1 unspecified atom stereocenters. The number of thiazole rings is 1. The van der Waals surface area contributed by atoms with Crippen molar-refractivity contribution >= 4 is 29.0 Å². The molecule has 0 spiro atoms.